The zero-order chi connectivity index (χ0) is 11.8. The summed E-state index contributed by atoms with van der Waals surface area (Å²) >= 11 is 0.0356. The summed E-state index contributed by atoms with van der Waals surface area (Å²) in [5.41, 5.74) is 0. The number of rotatable bonds is 3. The van der Waals surface area contributed by atoms with Crippen molar-refractivity contribution in [2.45, 2.75) is 24.4 Å². The number of allylic oxidation sites excluding steroid dienone is 8. The van der Waals surface area contributed by atoms with Crippen molar-refractivity contribution < 1.29 is 26.1 Å². The fourth-order valence-corrected chi connectivity index (χ4v) is 4.26. The van der Waals surface area contributed by atoms with Gasteiger partial charge in [0.15, 0.2) is 0 Å². The molecular formula is C12H18Al2OZr. The molecule has 2 rings (SSSR count). The summed E-state index contributed by atoms with van der Waals surface area (Å²) in [6.07, 6.45) is 16.0. The molecule has 0 amide bonds. The molecule has 0 saturated heterocycles. The molecule has 0 heterocycles. The van der Waals surface area contributed by atoms with E-state index in [4.69, 9.17) is 2.84 Å². The van der Waals surface area contributed by atoms with E-state index in [1.165, 1.54) is 12.8 Å². The SMILES string of the molecule is C1=CC[C]([Zr][C]2=CC=CC2)=C1.[CH3][Al]([CH3])[O][AlH2]. The first-order valence-corrected chi connectivity index (χ1v) is 11.8. The summed E-state index contributed by atoms with van der Waals surface area (Å²) in [6, 6.07) is 0. The molecule has 0 fully saturated rings. The molecule has 0 radical (unpaired) electrons. The Morgan fingerprint density at radius 2 is 1.56 bits per heavy atom. The number of hydrogen-bond donors (Lipinski definition) is 0. The zero-order valence-corrected chi connectivity index (χ0v) is 16.0. The maximum absolute atomic E-state index is 5.03. The summed E-state index contributed by atoms with van der Waals surface area (Å²) in [4.78, 5) is 0. The quantitative estimate of drug-likeness (QED) is 0.725. The van der Waals surface area contributed by atoms with Crippen LogP contribution in [-0.4, -0.2) is 31.1 Å². The van der Waals surface area contributed by atoms with Crippen molar-refractivity contribution in [3.63, 3.8) is 0 Å². The van der Waals surface area contributed by atoms with Gasteiger partial charge in [-0.05, 0) is 0 Å². The molecule has 2 aliphatic rings. The van der Waals surface area contributed by atoms with E-state index >= 15 is 0 Å². The van der Waals surface area contributed by atoms with Crippen molar-refractivity contribution >= 4 is 31.1 Å². The van der Waals surface area contributed by atoms with E-state index in [0.29, 0.717) is 0 Å². The molecule has 0 aromatic rings. The van der Waals surface area contributed by atoms with E-state index < -0.39 is 14.5 Å². The van der Waals surface area contributed by atoms with Gasteiger partial charge in [0, 0.05) is 0 Å². The average molecular weight is 323 g/mol. The largest absolute Gasteiger partial charge is 0.642 e. The van der Waals surface area contributed by atoms with Crippen LogP contribution in [0.4, 0.5) is 0 Å². The van der Waals surface area contributed by atoms with Crippen LogP contribution in [0.15, 0.2) is 43.0 Å². The first kappa shape index (κ1) is 14.9. The van der Waals surface area contributed by atoms with Gasteiger partial charge in [0.25, 0.3) is 0 Å². The van der Waals surface area contributed by atoms with Crippen LogP contribution in [0, 0.1) is 0 Å². The minimum atomic E-state index is -0.588. The van der Waals surface area contributed by atoms with Crippen molar-refractivity contribution in [1.82, 2.24) is 0 Å². The van der Waals surface area contributed by atoms with Crippen LogP contribution in [0.5, 0.6) is 0 Å². The Hall–Kier alpha value is 0.868. The predicted octanol–water partition coefficient (Wildman–Crippen LogP) is 2.56. The van der Waals surface area contributed by atoms with Crippen molar-refractivity contribution in [2.24, 2.45) is 0 Å². The smallest absolute Gasteiger partial charge is 0.423 e. The molecule has 2 aliphatic carbocycles. The summed E-state index contributed by atoms with van der Waals surface area (Å²) in [5, 5.41) is 0. The van der Waals surface area contributed by atoms with Gasteiger partial charge in [-0.25, -0.2) is 0 Å². The van der Waals surface area contributed by atoms with Crippen molar-refractivity contribution in [1.29, 1.82) is 0 Å². The summed E-state index contributed by atoms with van der Waals surface area (Å²) in [7, 11) is 0. The topological polar surface area (TPSA) is 9.23 Å². The Morgan fingerprint density at radius 3 is 1.81 bits per heavy atom. The van der Waals surface area contributed by atoms with Gasteiger partial charge in [0.2, 0.25) is 0 Å². The molecule has 0 aromatic heterocycles. The van der Waals surface area contributed by atoms with Crippen LogP contribution in [0.2, 0.25) is 11.6 Å². The zero-order valence-electron chi connectivity index (χ0n) is 10.4. The molecule has 16 heavy (non-hydrogen) atoms. The molecule has 0 unspecified atom stereocenters. The van der Waals surface area contributed by atoms with Gasteiger partial charge in [-0.2, -0.15) is 0 Å². The van der Waals surface area contributed by atoms with E-state index in [1.54, 1.807) is 6.56 Å². The molecule has 0 bridgehead atoms. The third-order valence-corrected chi connectivity index (χ3v) is 9.51. The van der Waals surface area contributed by atoms with Crippen molar-refractivity contribution in [3.05, 3.63) is 43.0 Å². The second-order valence-electron chi connectivity index (χ2n) is 4.06. The summed E-state index contributed by atoms with van der Waals surface area (Å²) in [6.45, 7) is 0. The van der Waals surface area contributed by atoms with Gasteiger partial charge in [-0.3, -0.25) is 0 Å². The van der Waals surface area contributed by atoms with Gasteiger partial charge in [0.1, 0.15) is 0 Å². The van der Waals surface area contributed by atoms with E-state index in [1.807, 2.05) is 0 Å². The maximum Gasteiger partial charge on any atom is 0.423 e. The van der Waals surface area contributed by atoms with E-state index in [2.05, 4.69) is 48.0 Å². The third-order valence-electron chi connectivity index (χ3n) is 2.34. The van der Waals surface area contributed by atoms with Crippen molar-refractivity contribution in [3.8, 4) is 0 Å². The molecule has 0 spiro atoms. The minimum Gasteiger partial charge on any atom is -0.642 e. The average Bonchev–Trinajstić information content (AvgIpc) is 2.92. The Kier molecular flexibility index (Phi) is 8.29. The van der Waals surface area contributed by atoms with Crippen molar-refractivity contribution in [2.75, 3.05) is 0 Å². The molecule has 0 atom stereocenters. The summed E-state index contributed by atoms with van der Waals surface area (Å²) in [5.74, 6) is 4.35. The second kappa shape index (κ2) is 8.89. The fraction of sp³-hybridized carbons (Fsp3) is 0.333. The van der Waals surface area contributed by atoms with E-state index in [-0.39, 0.29) is 23.2 Å². The third kappa shape index (κ3) is 6.57. The molecule has 1 nitrogen and oxygen atoms in total. The van der Waals surface area contributed by atoms with Crippen LogP contribution < -0.4 is 0 Å². The Bertz CT molecular complexity index is 302. The predicted molar refractivity (Wildman–Crippen MR) is 70.8 cm³/mol. The number of hydrogen-bond acceptors (Lipinski definition) is 1. The monoisotopic (exact) mass is 322 g/mol. The summed E-state index contributed by atoms with van der Waals surface area (Å²) < 4.78 is 8.48. The fourth-order valence-electron chi connectivity index (χ4n) is 1.29. The molecule has 0 saturated carbocycles. The van der Waals surface area contributed by atoms with Crippen LogP contribution in [0.3, 0.4) is 0 Å². The first-order chi connectivity index (χ1) is 7.72. The second-order valence-corrected chi connectivity index (χ2v) is 11.8. The maximum atomic E-state index is 5.03. The Labute approximate surface area is 123 Å². The standard InChI is InChI=1S/2C5H5.2CH3.2Al.O.Zr.2H/c2*1-2-4-5-3-1;;;;;;;;/h2*1-3H,4H2;2*1H3;;;;;;. The molecule has 0 aliphatic heterocycles. The Morgan fingerprint density at radius 1 is 1.12 bits per heavy atom. The molecular weight excluding hydrogens is 305 g/mol. The minimum absolute atomic E-state index is 0.312. The molecule has 0 aromatic carbocycles. The van der Waals surface area contributed by atoms with Gasteiger partial charge in [-0.1, -0.05) is 11.6 Å². The first-order valence-electron chi connectivity index (χ1n) is 5.73. The van der Waals surface area contributed by atoms with Gasteiger partial charge in [0.05, 0.1) is 0 Å². The normalized spacial score (nSPS) is 16.4. The van der Waals surface area contributed by atoms with Gasteiger partial charge in [-0.15, -0.1) is 0 Å². The molecule has 82 valence electrons. The molecule has 4 heteroatoms. The van der Waals surface area contributed by atoms with Crippen LogP contribution in [-0.2, 0) is 26.1 Å². The Balaban J connectivity index is 0.000000221. The van der Waals surface area contributed by atoms with E-state index in [0.717, 1.165) is 16.6 Å². The van der Waals surface area contributed by atoms with E-state index in [9.17, 15) is 0 Å². The van der Waals surface area contributed by atoms with Crippen LogP contribution in [0.1, 0.15) is 12.8 Å². The molecule has 0 N–H and O–H groups in total. The van der Waals surface area contributed by atoms with Crippen LogP contribution >= 0.6 is 0 Å². The van der Waals surface area contributed by atoms with Gasteiger partial charge < -0.3 is 2.84 Å². The van der Waals surface area contributed by atoms with Crippen LogP contribution in [0.25, 0.3) is 0 Å². The van der Waals surface area contributed by atoms with Gasteiger partial charge >= 0.3 is 110 Å².